The standard InChI is InChI=1S/C5H4ClIS/c1-3-4(7)2-5(6)8-3/h2H,1H3. The van der Waals surface area contributed by atoms with Crippen LogP contribution in [0.2, 0.25) is 4.34 Å². The Kier molecular flexibility index (Phi) is 2.17. The lowest BCUT2D eigenvalue weighted by Gasteiger charge is -1.77. The first-order valence-electron chi connectivity index (χ1n) is 2.11. The molecule has 0 saturated carbocycles. The maximum absolute atomic E-state index is 5.68. The molecule has 8 heavy (non-hydrogen) atoms. The topological polar surface area (TPSA) is 0 Å². The van der Waals surface area contributed by atoms with Crippen LogP contribution in [0.5, 0.6) is 0 Å². The second-order valence-corrected chi connectivity index (χ2v) is 4.50. The maximum atomic E-state index is 5.68. The van der Waals surface area contributed by atoms with Gasteiger partial charge in [-0.3, -0.25) is 0 Å². The number of hydrogen-bond acceptors (Lipinski definition) is 1. The average molecular weight is 259 g/mol. The first-order chi connectivity index (χ1) is 3.70. The van der Waals surface area contributed by atoms with Crippen LogP contribution in [0, 0.1) is 10.5 Å². The Morgan fingerprint density at radius 3 is 2.50 bits per heavy atom. The third kappa shape index (κ3) is 1.36. The van der Waals surface area contributed by atoms with E-state index in [1.54, 1.807) is 11.3 Å². The van der Waals surface area contributed by atoms with Crippen molar-refractivity contribution in [1.82, 2.24) is 0 Å². The minimum atomic E-state index is 0.881. The Morgan fingerprint density at radius 2 is 2.38 bits per heavy atom. The largest absolute Gasteiger partial charge is 0.128 e. The third-order valence-corrected chi connectivity index (χ3v) is 3.49. The molecule has 0 nitrogen and oxygen atoms in total. The fourth-order valence-corrected chi connectivity index (χ4v) is 2.54. The van der Waals surface area contributed by atoms with E-state index in [0.717, 1.165) is 4.34 Å². The lowest BCUT2D eigenvalue weighted by molar-refractivity contribution is 1.59. The van der Waals surface area contributed by atoms with Crippen LogP contribution in [0.3, 0.4) is 0 Å². The monoisotopic (exact) mass is 258 g/mol. The molecule has 0 bridgehead atoms. The predicted octanol–water partition coefficient (Wildman–Crippen LogP) is 3.31. The molecule has 0 N–H and O–H groups in total. The quantitative estimate of drug-likeness (QED) is 0.626. The van der Waals surface area contributed by atoms with Crippen molar-refractivity contribution in [2.75, 3.05) is 0 Å². The fourth-order valence-electron chi connectivity index (χ4n) is 0.426. The average Bonchev–Trinajstić information content (AvgIpc) is 1.85. The van der Waals surface area contributed by atoms with Gasteiger partial charge in [-0.05, 0) is 35.6 Å². The van der Waals surface area contributed by atoms with Gasteiger partial charge in [-0.25, -0.2) is 0 Å². The van der Waals surface area contributed by atoms with E-state index >= 15 is 0 Å². The molecule has 1 rings (SSSR count). The zero-order valence-corrected chi connectivity index (χ0v) is 7.97. The van der Waals surface area contributed by atoms with E-state index < -0.39 is 0 Å². The highest BCUT2D eigenvalue weighted by atomic mass is 127. The molecule has 0 saturated heterocycles. The first-order valence-corrected chi connectivity index (χ1v) is 4.39. The van der Waals surface area contributed by atoms with Crippen molar-refractivity contribution in [3.63, 3.8) is 0 Å². The minimum Gasteiger partial charge on any atom is -0.128 e. The molecule has 0 unspecified atom stereocenters. The summed E-state index contributed by atoms with van der Waals surface area (Å²) in [5, 5.41) is 0. The van der Waals surface area contributed by atoms with E-state index in [2.05, 4.69) is 29.5 Å². The highest BCUT2D eigenvalue weighted by molar-refractivity contribution is 14.1. The Morgan fingerprint density at radius 1 is 1.75 bits per heavy atom. The Hall–Kier alpha value is 0.720. The van der Waals surface area contributed by atoms with Gasteiger partial charge in [-0.1, -0.05) is 11.6 Å². The van der Waals surface area contributed by atoms with Crippen LogP contribution in [-0.2, 0) is 0 Å². The molecule has 0 aliphatic carbocycles. The predicted molar refractivity (Wildman–Crippen MR) is 46.8 cm³/mol. The van der Waals surface area contributed by atoms with Crippen LogP contribution in [-0.4, -0.2) is 0 Å². The van der Waals surface area contributed by atoms with Crippen molar-refractivity contribution < 1.29 is 0 Å². The fraction of sp³-hybridized carbons (Fsp3) is 0.200. The van der Waals surface area contributed by atoms with E-state index in [1.807, 2.05) is 6.07 Å². The molecule has 0 atom stereocenters. The molecule has 1 aromatic rings. The molecule has 1 aromatic heterocycles. The Bertz CT molecular complexity index is 175. The minimum absolute atomic E-state index is 0.881. The summed E-state index contributed by atoms with van der Waals surface area (Å²) in [7, 11) is 0. The van der Waals surface area contributed by atoms with E-state index in [1.165, 1.54) is 8.45 Å². The summed E-state index contributed by atoms with van der Waals surface area (Å²) >= 11 is 9.58. The maximum Gasteiger partial charge on any atom is 0.0942 e. The van der Waals surface area contributed by atoms with E-state index in [0.29, 0.717) is 0 Å². The van der Waals surface area contributed by atoms with Gasteiger partial charge in [0.25, 0.3) is 0 Å². The van der Waals surface area contributed by atoms with Crippen LogP contribution in [0.4, 0.5) is 0 Å². The summed E-state index contributed by atoms with van der Waals surface area (Å²) in [6.07, 6.45) is 0. The van der Waals surface area contributed by atoms with Gasteiger partial charge in [-0.15, -0.1) is 11.3 Å². The van der Waals surface area contributed by atoms with E-state index in [-0.39, 0.29) is 0 Å². The SMILES string of the molecule is Cc1sc(Cl)cc1I. The molecule has 0 aliphatic heterocycles. The Balaban J connectivity index is 3.14. The smallest absolute Gasteiger partial charge is 0.0942 e. The van der Waals surface area contributed by atoms with Gasteiger partial charge < -0.3 is 0 Å². The molecule has 3 heteroatoms. The van der Waals surface area contributed by atoms with Crippen molar-refractivity contribution in [1.29, 1.82) is 0 Å². The molecular weight excluding hydrogens is 254 g/mol. The van der Waals surface area contributed by atoms with Crippen molar-refractivity contribution in [3.05, 3.63) is 18.9 Å². The molecule has 0 radical (unpaired) electrons. The van der Waals surface area contributed by atoms with Crippen molar-refractivity contribution in [3.8, 4) is 0 Å². The third-order valence-electron chi connectivity index (χ3n) is 0.827. The summed E-state index contributed by atoms with van der Waals surface area (Å²) in [6, 6.07) is 1.97. The van der Waals surface area contributed by atoms with Crippen molar-refractivity contribution in [2.24, 2.45) is 0 Å². The number of aryl methyl sites for hydroxylation is 1. The van der Waals surface area contributed by atoms with Gasteiger partial charge in [0.1, 0.15) is 0 Å². The van der Waals surface area contributed by atoms with E-state index in [4.69, 9.17) is 11.6 Å². The first kappa shape index (κ1) is 6.83. The molecule has 1 heterocycles. The molecule has 0 aromatic carbocycles. The molecule has 44 valence electrons. The second kappa shape index (κ2) is 2.54. The highest BCUT2D eigenvalue weighted by Crippen LogP contribution is 2.26. The summed E-state index contributed by atoms with van der Waals surface area (Å²) in [5.41, 5.74) is 0. The number of hydrogen-bond donors (Lipinski definition) is 0. The molecular formula is C5H4ClIS. The zero-order chi connectivity index (χ0) is 6.15. The van der Waals surface area contributed by atoms with Gasteiger partial charge in [0, 0.05) is 8.45 Å². The number of halogens is 2. The van der Waals surface area contributed by atoms with Crippen molar-refractivity contribution in [2.45, 2.75) is 6.92 Å². The summed E-state index contributed by atoms with van der Waals surface area (Å²) in [5.74, 6) is 0. The second-order valence-electron chi connectivity index (χ2n) is 1.45. The Labute approximate surface area is 71.0 Å². The zero-order valence-electron chi connectivity index (χ0n) is 4.24. The number of thiophene rings is 1. The van der Waals surface area contributed by atoms with Crippen LogP contribution < -0.4 is 0 Å². The molecule has 0 aliphatic rings. The van der Waals surface area contributed by atoms with Crippen LogP contribution in [0.1, 0.15) is 4.88 Å². The van der Waals surface area contributed by atoms with Gasteiger partial charge in [0.2, 0.25) is 0 Å². The van der Waals surface area contributed by atoms with E-state index in [9.17, 15) is 0 Å². The lowest BCUT2D eigenvalue weighted by atomic mass is 10.5. The molecule has 0 fully saturated rings. The summed E-state index contributed by atoms with van der Waals surface area (Å²) in [4.78, 5) is 1.30. The van der Waals surface area contributed by atoms with Gasteiger partial charge in [0.05, 0.1) is 4.34 Å². The van der Waals surface area contributed by atoms with Crippen LogP contribution >= 0.6 is 45.5 Å². The number of rotatable bonds is 0. The van der Waals surface area contributed by atoms with Gasteiger partial charge >= 0.3 is 0 Å². The summed E-state index contributed by atoms with van der Waals surface area (Å²) in [6.45, 7) is 2.07. The normalized spacial score (nSPS) is 9.88. The summed E-state index contributed by atoms with van der Waals surface area (Å²) < 4.78 is 2.14. The van der Waals surface area contributed by atoms with Gasteiger partial charge in [0.15, 0.2) is 0 Å². The lowest BCUT2D eigenvalue weighted by Crippen LogP contribution is -1.59. The molecule has 0 amide bonds. The van der Waals surface area contributed by atoms with Crippen LogP contribution in [0.15, 0.2) is 6.07 Å². The van der Waals surface area contributed by atoms with Gasteiger partial charge in [-0.2, -0.15) is 0 Å². The highest BCUT2D eigenvalue weighted by Gasteiger charge is 1.97. The molecule has 0 spiro atoms. The van der Waals surface area contributed by atoms with Crippen molar-refractivity contribution >= 4 is 45.5 Å². The van der Waals surface area contributed by atoms with Crippen LogP contribution in [0.25, 0.3) is 0 Å².